The zero-order chi connectivity index (χ0) is 14.4. The van der Waals surface area contributed by atoms with Crippen molar-refractivity contribution in [3.63, 3.8) is 0 Å². The molecular weight excluding hydrogens is 311 g/mol. The topological polar surface area (TPSA) is 52.6 Å². The number of thioether (sulfide) groups is 1. The molecule has 1 heterocycles. The fraction of sp³-hybridized carbons (Fsp3) is 0.833. The Kier molecular flexibility index (Phi) is 4.41. The van der Waals surface area contributed by atoms with Crippen molar-refractivity contribution in [2.45, 2.75) is 41.9 Å². The number of Topliss-reactive ketones (excluding diaryl/α,β-unsaturated/α-hetero) is 1. The van der Waals surface area contributed by atoms with Crippen LogP contribution in [0.5, 0.6) is 0 Å². The van der Waals surface area contributed by atoms with Crippen LogP contribution in [0.3, 0.4) is 0 Å². The van der Waals surface area contributed by atoms with E-state index in [0.29, 0.717) is 0 Å². The van der Waals surface area contributed by atoms with Gasteiger partial charge in [-0.2, -0.15) is 0 Å². The van der Waals surface area contributed by atoms with E-state index in [1.807, 2.05) is 13.8 Å². The van der Waals surface area contributed by atoms with Gasteiger partial charge in [-0.05, 0) is 20.8 Å². The van der Waals surface area contributed by atoms with E-state index in [9.17, 15) is 9.59 Å². The molecule has 1 aliphatic heterocycles. The second-order valence-electron chi connectivity index (χ2n) is 4.90. The van der Waals surface area contributed by atoms with Crippen molar-refractivity contribution in [1.82, 2.24) is 0 Å². The number of alkyl halides is 2. The molecular formula is C12H16Cl2O4S. The maximum atomic E-state index is 12.0. The van der Waals surface area contributed by atoms with E-state index < -0.39 is 27.6 Å². The van der Waals surface area contributed by atoms with Gasteiger partial charge in [0.1, 0.15) is 11.4 Å². The molecule has 7 heteroatoms. The van der Waals surface area contributed by atoms with Crippen LogP contribution in [0.25, 0.3) is 0 Å². The van der Waals surface area contributed by atoms with Gasteiger partial charge in [-0.25, -0.2) is 0 Å². The van der Waals surface area contributed by atoms with Crippen LogP contribution in [-0.4, -0.2) is 39.5 Å². The molecule has 0 unspecified atom stereocenters. The number of ketones is 1. The van der Waals surface area contributed by atoms with E-state index in [-0.39, 0.29) is 23.7 Å². The standard InChI is InChI=1S/C12H16Cl2O4S/c1-4-17-10(16)7-6-8(15)12(13,14)9(6)19-11(7)18-5(2)3/h5-7,9,11H,4H2,1-3H3/t6-,7-,9-,11-/m0/s1. The first-order valence-corrected chi connectivity index (χ1v) is 7.90. The van der Waals surface area contributed by atoms with E-state index in [1.54, 1.807) is 6.92 Å². The van der Waals surface area contributed by atoms with Crippen molar-refractivity contribution < 1.29 is 19.1 Å². The van der Waals surface area contributed by atoms with E-state index in [0.717, 1.165) is 0 Å². The largest absolute Gasteiger partial charge is 0.466 e. The quantitative estimate of drug-likeness (QED) is 0.586. The maximum absolute atomic E-state index is 12.0. The van der Waals surface area contributed by atoms with Gasteiger partial charge in [0, 0.05) is 0 Å². The average Bonchev–Trinajstić information content (AvgIpc) is 2.65. The monoisotopic (exact) mass is 326 g/mol. The number of ether oxygens (including phenoxy) is 2. The van der Waals surface area contributed by atoms with Gasteiger partial charge in [0.25, 0.3) is 0 Å². The summed E-state index contributed by atoms with van der Waals surface area (Å²) in [6.07, 6.45) is -0.0536. The molecule has 2 rings (SSSR count). The van der Waals surface area contributed by atoms with E-state index in [1.165, 1.54) is 11.8 Å². The molecule has 0 radical (unpaired) electrons. The molecule has 0 aromatic heterocycles. The summed E-state index contributed by atoms with van der Waals surface area (Å²) in [5.41, 5.74) is -0.433. The predicted molar refractivity (Wildman–Crippen MR) is 74.4 cm³/mol. The van der Waals surface area contributed by atoms with Crippen LogP contribution < -0.4 is 0 Å². The first kappa shape index (κ1) is 15.4. The minimum atomic E-state index is -1.41. The van der Waals surface area contributed by atoms with Crippen LogP contribution in [-0.2, 0) is 19.1 Å². The van der Waals surface area contributed by atoms with Gasteiger partial charge in [-0.1, -0.05) is 23.2 Å². The Morgan fingerprint density at radius 3 is 2.63 bits per heavy atom. The number of esters is 1. The highest BCUT2D eigenvalue weighted by molar-refractivity contribution is 8.01. The van der Waals surface area contributed by atoms with Crippen LogP contribution in [0, 0.1) is 11.8 Å². The van der Waals surface area contributed by atoms with Gasteiger partial charge < -0.3 is 9.47 Å². The van der Waals surface area contributed by atoms with Gasteiger partial charge in [-0.15, -0.1) is 11.8 Å². The molecule has 0 aromatic carbocycles. The molecule has 4 nitrogen and oxygen atoms in total. The Balaban J connectivity index is 2.20. The van der Waals surface area contributed by atoms with Crippen LogP contribution >= 0.6 is 35.0 Å². The van der Waals surface area contributed by atoms with E-state index in [4.69, 9.17) is 32.7 Å². The zero-order valence-electron chi connectivity index (χ0n) is 10.9. The third-order valence-corrected chi connectivity index (χ3v) is 5.95. The summed E-state index contributed by atoms with van der Waals surface area (Å²) in [5, 5.41) is -0.304. The van der Waals surface area contributed by atoms with Crippen molar-refractivity contribution in [2.75, 3.05) is 6.61 Å². The molecule has 0 amide bonds. The molecule has 0 aromatic rings. The lowest BCUT2D eigenvalue weighted by Gasteiger charge is -2.41. The summed E-state index contributed by atoms with van der Waals surface area (Å²) in [5.74, 6) is -1.83. The first-order chi connectivity index (χ1) is 8.80. The second-order valence-corrected chi connectivity index (χ2v) is 7.53. The van der Waals surface area contributed by atoms with Crippen molar-refractivity contribution in [3.8, 4) is 0 Å². The number of hydrogen-bond acceptors (Lipinski definition) is 5. The number of halogens is 2. The van der Waals surface area contributed by atoms with Gasteiger partial charge in [-0.3, -0.25) is 9.59 Å². The van der Waals surface area contributed by atoms with Crippen LogP contribution in [0.1, 0.15) is 20.8 Å². The van der Waals surface area contributed by atoms with E-state index >= 15 is 0 Å². The maximum Gasteiger partial charge on any atom is 0.313 e. The van der Waals surface area contributed by atoms with Crippen LogP contribution in [0.4, 0.5) is 0 Å². The molecule has 2 fully saturated rings. The van der Waals surface area contributed by atoms with Crippen LogP contribution in [0.2, 0.25) is 0 Å². The van der Waals surface area contributed by atoms with Crippen molar-refractivity contribution in [3.05, 3.63) is 0 Å². The van der Waals surface area contributed by atoms with Crippen molar-refractivity contribution in [2.24, 2.45) is 11.8 Å². The SMILES string of the molecule is CCOC(=O)[C@@H]1[C@H]2C(=O)C(Cl)(Cl)[C@H]2S[C@@H]1OC(C)C. The third kappa shape index (κ3) is 2.50. The summed E-state index contributed by atoms with van der Waals surface area (Å²) in [7, 11) is 0. The summed E-state index contributed by atoms with van der Waals surface area (Å²) in [6, 6.07) is 0. The molecule has 1 aliphatic carbocycles. The third-order valence-electron chi connectivity index (χ3n) is 3.24. The zero-order valence-corrected chi connectivity index (χ0v) is 13.2. The van der Waals surface area contributed by atoms with E-state index in [2.05, 4.69) is 0 Å². The molecule has 0 bridgehead atoms. The van der Waals surface area contributed by atoms with Crippen LogP contribution in [0.15, 0.2) is 0 Å². The molecule has 0 N–H and O–H groups in total. The summed E-state index contributed by atoms with van der Waals surface area (Å²) in [6.45, 7) is 5.75. The van der Waals surface area contributed by atoms with Gasteiger partial charge in [0.2, 0.25) is 0 Å². The highest BCUT2D eigenvalue weighted by Crippen LogP contribution is 2.61. The van der Waals surface area contributed by atoms with Crippen molar-refractivity contribution >= 4 is 46.7 Å². The lowest BCUT2D eigenvalue weighted by Crippen LogP contribution is -2.59. The Bertz CT molecular complexity index is 399. The number of fused-ring (bicyclic) bond motifs is 1. The summed E-state index contributed by atoms with van der Waals surface area (Å²) >= 11 is 13.3. The molecule has 2 aliphatic rings. The Hall–Kier alpha value is 0.0300. The molecule has 4 atom stereocenters. The molecule has 0 spiro atoms. The Morgan fingerprint density at radius 1 is 1.47 bits per heavy atom. The highest BCUT2D eigenvalue weighted by atomic mass is 35.5. The Morgan fingerprint density at radius 2 is 2.11 bits per heavy atom. The molecule has 1 saturated carbocycles. The number of carbonyl (C=O) groups excluding carboxylic acids is 2. The highest BCUT2D eigenvalue weighted by Gasteiger charge is 2.70. The smallest absolute Gasteiger partial charge is 0.313 e. The first-order valence-electron chi connectivity index (χ1n) is 6.20. The lowest BCUT2D eigenvalue weighted by atomic mass is 9.73. The fourth-order valence-corrected chi connectivity index (χ4v) is 5.04. The van der Waals surface area contributed by atoms with Gasteiger partial charge in [0.05, 0.1) is 23.9 Å². The number of rotatable bonds is 4. The second kappa shape index (κ2) is 5.43. The van der Waals surface area contributed by atoms with Gasteiger partial charge in [0.15, 0.2) is 10.1 Å². The summed E-state index contributed by atoms with van der Waals surface area (Å²) in [4.78, 5) is 24.0. The Labute approximate surface area is 126 Å². The number of hydrogen-bond donors (Lipinski definition) is 0. The average molecular weight is 327 g/mol. The predicted octanol–water partition coefficient (Wildman–Crippen LogP) is 2.41. The minimum Gasteiger partial charge on any atom is -0.466 e. The minimum absolute atomic E-state index is 0.0536. The number of carbonyl (C=O) groups is 2. The fourth-order valence-electron chi connectivity index (χ4n) is 2.43. The lowest BCUT2D eigenvalue weighted by molar-refractivity contribution is -0.158. The van der Waals surface area contributed by atoms with Gasteiger partial charge >= 0.3 is 5.97 Å². The molecule has 1 saturated heterocycles. The molecule has 19 heavy (non-hydrogen) atoms. The van der Waals surface area contributed by atoms with Crippen molar-refractivity contribution in [1.29, 1.82) is 0 Å². The summed E-state index contributed by atoms with van der Waals surface area (Å²) < 4.78 is 9.33. The normalized spacial score (nSPS) is 36.0. The molecule has 108 valence electrons.